The van der Waals surface area contributed by atoms with Crippen LogP contribution in [0.1, 0.15) is 11.3 Å². The molecule has 0 radical (unpaired) electrons. The summed E-state index contributed by atoms with van der Waals surface area (Å²) in [4.78, 5) is 12.4. The van der Waals surface area contributed by atoms with Gasteiger partial charge < -0.3 is 0 Å². The maximum atomic E-state index is 12.4. The quantitative estimate of drug-likeness (QED) is 0.540. The van der Waals surface area contributed by atoms with E-state index in [9.17, 15) is 4.79 Å². The lowest BCUT2D eigenvalue weighted by molar-refractivity contribution is -0.671. The van der Waals surface area contributed by atoms with E-state index in [1.165, 1.54) is 11.8 Å². The number of aromatic nitrogens is 5. The highest BCUT2D eigenvalue weighted by atomic mass is 32.2. The first kappa shape index (κ1) is 16.7. The molecule has 1 N–H and O–H groups in total. The Balaban J connectivity index is 1.64. The Morgan fingerprint density at radius 3 is 2.68 bits per heavy atom. The summed E-state index contributed by atoms with van der Waals surface area (Å²) in [5.74, 6) is 1.11. The number of H-pyrrole nitrogens is 1. The van der Waals surface area contributed by atoms with Crippen LogP contribution in [-0.2, 0) is 0 Å². The molecule has 0 spiro atoms. The molecule has 1 aliphatic heterocycles. The van der Waals surface area contributed by atoms with Gasteiger partial charge in [0.15, 0.2) is 11.5 Å². The van der Waals surface area contributed by atoms with Crippen LogP contribution < -0.4 is 10.3 Å². The second-order valence-electron chi connectivity index (χ2n) is 6.32. The molecular weight excluding hydrogens is 376 g/mol. The zero-order valence-electron chi connectivity index (χ0n) is 14.9. The average molecular weight is 391 g/mol. The van der Waals surface area contributed by atoms with Crippen LogP contribution >= 0.6 is 11.8 Å². The lowest BCUT2D eigenvalue weighted by Gasteiger charge is -2.10. The molecule has 138 valence electrons. The SMILES string of the molecule is Cc1ccc(-[n+]2[nH]oc(=O)c2C2=Nn3c(nnc3-c3ccccc3)SC2)cc1. The molecule has 9 heteroatoms. The maximum absolute atomic E-state index is 12.4. The molecule has 2 aromatic heterocycles. The van der Waals surface area contributed by atoms with E-state index in [1.54, 1.807) is 9.36 Å². The summed E-state index contributed by atoms with van der Waals surface area (Å²) in [5.41, 5.74) is 3.29. The molecular formula is C19H15N6O2S+. The van der Waals surface area contributed by atoms with Gasteiger partial charge >= 0.3 is 11.3 Å². The second-order valence-corrected chi connectivity index (χ2v) is 7.26. The summed E-state index contributed by atoms with van der Waals surface area (Å²) in [7, 11) is 0. The molecule has 0 atom stereocenters. The molecule has 0 fully saturated rings. The van der Waals surface area contributed by atoms with Gasteiger partial charge in [0, 0.05) is 17.7 Å². The minimum atomic E-state index is -0.474. The highest BCUT2D eigenvalue weighted by molar-refractivity contribution is 7.99. The molecule has 0 saturated carbocycles. The van der Waals surface area contributed by atoms with Crippen molar-refractivity contribution >= 4 is 17.5 Å². The third kappa shape index (κ3) is 2.76. The molecule has 4 aromatic rings. The molecule has 3 heterocycles. The fourth-order valence-corrected chi connectivity index (χ4v) is 3.81. The van der Waals surface area contributed by atoms with Crippen molar-refractivity contribution in [3.63, 3.8) is 0 Å². The molecule has 0 bridgehead atoms. The minimum Gasteiger partial charge on any atom is -0.282 e. The van der Waals surface area contributed by atoms with Crippen molar-refractivity contribution in [2.24, 2.45) is 5.10 Å². The van der Waals surface area contributed by atoms with Gasteiger partial charge in [-0.25, -0.2) is 4.79 Å². The number of nitrogens with zero attached hydrogens (tertiary/aromatic N) is 5. The fraction of sp³-hybridized carbons (Fsp3) is 0.105. The zero-order valence-corrected chi connectivity index (χ0v) is 15.7. The van der Waals surface area contributed by atoms with E-state index in [4.69, 9.17) is 4.52 Å². The largest absolute Gasteiger partial charge is 0.437 e. The van der Waals surface area contributed by atoms with Gasteiger partial charge in [0.1, 0.15) is 0 Å². The highest BCUT2D eigenvalue weighted by Gasteiger charge is 2.32. The van der Waals surface area contributed by atoms with Gasteiger partial charge in [0.2, 0.25) is 10.8 Å². The molecule has 8 nitrogen and oxygen atoms in total. The van der Waals surface area contributed by atoms with Gasteiger partial charge in [0.25, 0.3) is 0 Å². The number of hydrogen-bond donors (Lipinski definition) is 1. The van der Waals surface area contributed by atoms with Crippen molar-refractivity contribution in [3.05, 3.63) is 76.3 Å². The second kappa shape index (κ2) is 6.61. The first-order chi connectivity index (χ1) is 13.7. The van der Waals surface area contributed by atoms with Crippen molar-refractivity contribution in [1.82, 2.24) is 20.1 Å². The van der Waals surface area contributed by atoms with E-state index in [0.29, 0.717) is 28.1 Å². The predicted octanol–water partition coefficient (Wildman–Crippen LogP) is 2.17. The molecule has 0 unspecified atom stereocenters. The number of aryl methyl sites for hydroxylation is 1. The van der Waals surface area contributed by atoms with Crippen LogP contribution in [0.3, 0.4) is 0 Å². The predicted molar refractivity (Wildman–Crippen MR) is 104 cm³/mol. The summed E-state index contributed by atoms with van der Waals surface area (Å²) in [5, 5.41) is 16.5. The summed E-state index contributed by atoms with van der Waals surface area (Å²) in [6, 6.07) is 17.5. The van der Waals surface area contributed by atoms with Crippen molar-refractivity contribution in [3.8, 4) is 17.1 Å². The van der Waals surface area contributed by atoms with Gasteiger partial charge in [-0.1, -0.05) is 59.8 Å². The van der Waals surface area contributed by atoms with E-state index in [1.807, 2.05) is 61.5 Å². The number of fused-ring (bicyclic) bond motifs is 1. The molecule has 5 rings (SSSR count). The number of benzene rings is 2. The van der Waals surface area contributed by atoms with Crippen LogP contribution in [0, 0.1) is 6.92 Å². The smallest absolute Gasteiger partial charge is 0.282 e. The molecule has 2 aromatic carbocycles. The van der Waals surface area contributed by atoms with Crippen LogP contribution in [0.5, 0.6) is 0 Å². The number of hydrogen-bond acceptors (Lipinski definition) is 6. The molecule has 0 aliphatic carbocycles. The topological polar surface area (TPSA) is 93.0 Å². The number of rotatable bonds is 3. The monoisotopic (exact) mass is 391 g/mol. The highest BCUT2D eigenvalue weighted by Crippen LogP contribution is 2.27. The fourth-order valence-electron chi connectivity index (χ4n) is 3.01. The Hall–Kier alpha value is -3.46. The van der Waals surface area contributed by atoms with Crippen LogP contribution in [0.15, 0.2) is 74.2 Å². The van der Waals surface area contributed by atoms with Crippen LogP contribution in [-0.4, -0.2) is 31.6 Å². The van der Waals surface area contributed by atoms with Crippen LogP contribution in [0.25, 0.3) is 17.1 Å². The lowest BCUT2D eigenvalue weighted by atomic mass is 10.2. The number of nitrogens with one attached hydrogen (secondary N) is 1. The normalized spacial score (nSPS) is 13.2. The Labute approximate surface area is 163 Å². The van der Waals surface area contributed by atoms with Crippen molar-refractivity contribution in [2.45, 2.75) is 12.1 Å². The summed E-state index contributed by atoms with van der Waals surface area (Å²) >= 11 is 1.48. The van der Waals surface area contributed by atoms with Gasteiger partial charge in [-0.05, 0) is 16.9 Å². The average Bonchev–Trinajstić information content (AvgIpc) is 3.32. The Bertz CT molecular complexity index is 1240. The Morgan fingerprint density at radius 1 is 1.11 bits per heavy atom. The van der Waals surface area contributed by atoms with Crippen molar-refractivity contribution in [1.29, 1.82) is 0 Å². The van der Waals surface area contributed by atoms with Crippen molar-refractivity contribution < 1.29 is 9.20 Å². The van der Waals surface area contributed by atoms with E-state index >= 15 is 0 Å². The zero-order chi connectivity index (χ0) is 19.1. The summed E-state index contributed by atoms with van der Waals surface area (Å²) in [6.45, 7) is 2.01. The Morgan fingerprint density at radius 2 is 1.89 bits per heavy atom. The van der Waals surface area contributed by atoms with Gasteiger partial charge in [-0.15, -0.1) is 10.2 Å². The van der Waals surface area contributed by atoms with Gasteiger partial charge in [-0.3, -0.25) is 4.52 Å². The third-order valence-corrected chi connectivity index (χ3v) is 5.35. The molecule has 0 saturated heterocycles. The van der Waals surface area contributed by atoms with E-state index in [2.05, 4.69) is 20.6 Å². The third-order valence-electron chi connectivity index (χ3n) is 4.41. The first-order valence-corrected chi connectivity index (χ1v) is 9.62. The van der Waals surface area contributed by atoms with Gasteiger partial charge in [0.05, 0.1) is 5.75 Å². The number of aromatic amines is 1. The summed E-state index contributed by atoms with van der Waals surface area (Å²) < 4.78 is 8.35. The lowest BCUT2D eigenvalue weighted by Crippen LogP contribution is -2.42. The standard InChI is InChI=1S/C19H14N6O2S/c1-12-7-9-14(10-8-12)24-16(18(26)27-23-24)15-11-28-19-21-20-17(25(19)22-15)13-5-3-2-4-6-13/h2-10H,11H2,1H3/p+1. The Kier molecular flexibility index (Phi) is 3.94. The molecule has 1 aliphatic rings. The maximum Gasteiger partial charge on any atom is 0.437 e. The molecule has 28 heavy (non-hydrogen) atoms. The van der Waals surface area contributed by atoms with E-state index in [0.717, 1.165) is 16.8 Å². The summed E-state index contributed by atoms with van der Waals surface area (Å²) in [6.07, 6.45) is 0. The van der Waals surface area contributed by atoms with Crippen molar-refractivity contribution in [2.75, 3.05) is 5.75 Å². The van der Waals surface area contributed by atoms with Crippen LogP contribution in [0.4, 0.5) is 0 Å². The number of thioether (sulfide) groups is 1. The minimum absolute atomic E-state index is 0.356. The van der Waals surface area contributed by atoms with Gasteiger partial charge in [-0.2, -0.15) is 9.78 Å². The first-order valence-electron chi connectivity index (χ1n) is 8.63. The van der Waals surface area contributed by atoms with E-state index in [-0.39, 0.29) is 0 Å². The van der Waals surface area contributed by atoms with Crippen LogP contribution in [0.2, 0.25) is 0 Å². The molecule has 0 amide bonds. The van der Waals surface area contributed by atoms with E-state index < -0.39 is 5.63 Å².